The molecule has 0 bridgehead atoms. The molecule has 1 amide bonds. The lowest BCUT2D eigenvalue weighted by atomic mass is 9.86. The second kappa shape index (κ2) is 6.70. The Balaban J connectivity index is 1.76. The van der Waals surface area contributed by atoms with Gasteiger partial charge in [-0.25, -0.2) is 0 Å². The molecule has 1 unspecified atom stereocenters. The summed E-state index contributed by atoms with van der Waals surface area (Å²) in [6.07, 6.45) is 8.73. The molecule has 6 nitrogen and oxygen atoms in total. The van der Waals surface area contributed by atoms with Crippen molar-refractivity contribution in [2.45, 2.75) is 32.1 Å². The Morgan fingerprint density at radius 3 is 2.56 bits per heavy atom. The number of rotatable bonds is 4. The Morgan fingerprint density at radius 1 is 1.12 bits per heavy atom. The minimum atomic E-state index is -0.190. The number of primary amides is 1. The summed E-state index contributed by atoms with van der Waals surface area (Å²) in [6.45, 7) is 1.67. The van der Waals surface area contributed by atoms with E-state index in [0.717, 1.165) is 43.5 Å². The monoisotopic (exact) mass is 337 g/mol. The van der Waals surface area contributed by atoms with E-state index in [2.05, 4.69) is 27.2 Å². The van der Waals surface area contributed by atoms with Gasteiger partial charge >= 0.3 is 0 Å². The number of carbonyl (C=O) groups excluding carboxylic acids is 1. The van der Waals surface area contributed by atoms with Crippen LogP contribution in [0.25, 0.3) is 11.4 Å². The Labute approximate surface area is 147 Å². The van der Waals surface area contributed by atoms with Crippen LogP contribution in [0.3, 0.4) is 0 Å². The van der Waals surface area contributed by atoms with E-state index in [4.69, 9.17) is 5.73 Å². The van der Waals surface area contributed by atoms with Gasteiger partial charge in [-0.3, -0.25) is 4.79 Å². The van der Waals surface area contributed by atoms with Gasteiger partial charge in [-0.2, -0.15) is 15.0 Å². The van der Waals surface area contributed by atoms with Crippen LogP contribution in [0.1, 0.15) is 37.7 Å². The summed E-state index contributed by atoms with van der Waals surface area (Å²) in [5.41, 5.74) is 10.4. The molecule has 2 fully saturated rings. The molecule has 2 aliphatic rings. The second-order valence-electron chi connectivity index (χ2n) is 6.83. The largest absolute Gasteiger partial charge is 0.370 e. The zero-order valence-corrected chi connectivity index (χ0v) is 14.3. The minimum absolute atomic E-state index is 0.0700. The molecule has 130 valence electrons. The molecule has 0 radical (unpaired) electrons. The van der Waals surface area contributed by atoms with Crippen LogP contribution >= 0.6 is 0 Å². The highest BCUT2D eigenvalue weighted by Crippen LogP contribution is 2.39. The average molecular weight is 337 g/mol. The van der Waals surface area contributed by atoms with E-state index in [1.54, 1.807) is 17.2 Å². The van der Waals surface area contributed by atoms with E-state index in [9.17, 15) is 4.79 Å². The molecule has 1 aromatic carbocycles. The molecule has 4 rings (SSSR count). The van der Waals surface area contributed by atoms with Crippen molar-refractivity contribution in [2.24, 2.45) is 11.7 Å². The number of hydrogen-bond donors (Lipinski definition) is 1. The fourth-order valence-corrected chi connectivity index (χ4v) is 3.78. The van der Waals surface area contributed by atoms with Crippen molar-refractivity contribution in [1.29, 1.82) is 0 Å². The van der Waals surface area contributed by atoms with Gasteiger partial charge in [0.2, 0.25) is 5.91 Å². The van der Waals surface area contributed by atoms with Gasteiger partial charge in [0, 0.05) is 24.4 Å². The summed E-state index contributed by atoms with van der Waals surface area (Å²) in [5.74, 6) is -0.260. The average Bonchev–Trinajstić information content (AvgIpc) is 3.12. The van der Waals surface area contributed by atoms with Gasteiger partial charge in [-0.1, -0.05) is 18.2 Å². The normalized spacial score (nSPS) is 20.2. The van der Waals surface area contributed by atoms with Crippen LogP contribution in [0.15, 0.2) is 42.2 Å². The highest BCUT2D eigenvalue weighted by molar-refractivity contribution is 5.78. The van der Waals surface area contributed by atoms with Gasteiger partial charge in [0.1, 0.15) is 0 Å². The number of amides is 1. The Bertz CT molecular complexity index is 790. The van der Waals surface area contributed by atoms with Crippen LogP contribution in [0.4, 0.5) is 0 Å². The summed E-state index contributed by atoms with van der Waals surface area (Å²) < 4.78 is 0. The van der Waals surface area contributed by atoms with Crippen molar-refractivity contribution in [3.63, 3.8) is 0 Å². The van der Waals surface area contributed by atoms with Crippen LogP contribution in [0.5, 0.6) is 0 Å². The summed E-state index contributed by atoms with van der Waals surface area (Å²) in [5, 5.41) is 8.62. The van der Waals surface area contributed by atoms with Gasteiger partial charge in [-0.05, 0) is 43.7 Å². The maximum Gasteiger partial charge on any atom is 0.222 e. The number of hydrogen-bond acceptors (Lipinski definition) is 4. The summed E-state index contributed by atoms with van der Waals surface area (Å²) in [4.78, 5) is 15.7. The van der Waals surface area contributed by atoms with Crippen LogP contribution < -0.4 is 5.73 Å². The molecule has 1 aliphatic carbocycles. The van der Waals surface area contributed by atoms with E-state index in [0.29, 0.717) is 6.54 Å². The van der Waals surface area contributed by atoms with E-state index in [1.165, 1.54) is 17.7 Å². The Hall–Kier alpha value is -2.63. The topological polar surface area (TPSA) is 77.0 Å². The predicted octanol–water partition coefficient (Wildman–Crippen LogP) is 2.36. The zero-order valence-electron chi connectivity index (χ0n) is 14.3. The smallest absolute Gasteiger partial charge is 0.222 e. The number of carbonyl (C=O) groups is 1. The van der Waals surface area contributed by atoms with Crippen LogP contribution in [0.2, 0.25) is 0 Å². The van der Waals surface area contributed by atoms with E-state index in [1.807, 2.05) is 12.1 Å². The molecule has 1 aromatic heterocycles. The van der Waals surface area contributed by atoms with Crippen molar-refractivity contribution in [1.82, 2.24) is 19.9 Å². The third-order valence-electron chi connectivity index (χ3n) is 5.23. The number of likely N-dealkylation sites (tertiary alicyclic amines) is 1. The van der Waals surface area contributed by atoms with Gasteiger partial charge in [0.05, 0.1) is 24.0 Å². The SMILES string of the molecule is NC(=O)C1CCCN(C(=C2CCC2)c2ccccc2-n2nccn2)C1. The second-order valence-corrected chi connectivity index (χ2v) is 6.83. The molecule has 0 spiro atoms. The van der Waals surface area contributed by atoms with Crippen LogP contribution in [-0.2, 0) is 4.79 Å². The molecular formula is C19H23N5O. The lowest BCUT2D eigenvalue weighted by molar-refractivity contribution is -0.123. The van der Waals surface area contributed by atoms with E-state index in [-0.39, 0.29) is 11.8 Å². The fraction of sp³-hybridized carbons (Fsp3) is 0.421. The van der Waals surface area contributed by atoms with Crippen molar-refractivity contribution in [3.05, 3.63) is 47.8 Å². The number of benzene rings is 1. The number of piperidine rings is 1. The lowest BCUT2D eigenvalue weighted by Crippen LogP contribution is -2.41. The van der Waals surface area contributed by atoms with Gasteiger partial charge in [0.25, 0.3) is 0 Å². The number of nitrogens with two attached hydrogens (primary N) is 1. The maximum absolute atomic E-state index is 11.7. The Morgan fingerprint density at radius 2 is 1.88 bits per heavy atom. The van der Waals surface area contributed by atoms with Crippen molar-refractivity contribution < 1.29 is 4.79 Å². The highest BCUT2D eigenvalue weighted by Gasteiger charge is 2.29. The standard InChI is InChI=1S/C19H23N5O/c20-19(25)15-7-4-12-23(13-15)18(14-5-3-6-14)16-8-1-2-9-17(16)24-21-10-11-22-24/h1-2,8-11,15H,3-7,12-13H2,(H2,20,25). The summed E-state index contributed by atoms with van der Waals surface area (Å²) in [6, 6.07) is 8.24. The van der Waals surface area contributed by atoms with Gasteiger partial charge in [-0.15, -0.1) is 0 Å². The molecule has 2 heterocycles. The molecule has 25 heavy (non-hydrogen) atoms. The first-order valence-corrected chi connectivity index (χ1v) is 8.96. The summed E-state index contributed by atoms with van der Waals surface area (Å²) in [7, 11) is 0. The summed E-state index contributed by atoms with van der Waals surface area (Å²) >= 11 is 0. The van der Waals surface area contributed by atoms with E-state index >= 15 is 0 Å². The molecule has 1 saturated carbocycles. The van der Waals surface area contributed by atoms with Gasteiger partial charge < -0.3 is 10.6 Å². The molecular weight excluding hydrogens is 314 g/mol. The molecule has 1 atom stereocenters. The zero-order chi connectivity index (χ0) is 17.2. The fourth-order valence-electron chi connectivity index (χ4n) is 3.78. The van der Waals surface area contributed by atoms with Gasteiger partial charge in [0.15, 0.2) is 0 Å². The van der Waals surface area contributed by atoms with E-state index < -0.39 is 0 Å². The first-order chi connectivity index (χ1) is 12.2. The quantitative estimate of drug-likeness (QED) is 0.929. The van der Waals surface area contributed by atoms with Crippen molar-refractivity contribution in [3.8, 4) is 5.69 Å². The number of aromatic nitrogens is 3. The maximum atomic E-state index is 11.7. The van der Waals surface area contributed by atoms with Crippen LogP contribution in [-0.4, -0.2) is 38.9 Å². The molecule has 1 aliphatic heterocycles. The predicted molar refractivity (Wildman–Crippen MR) is 95.6 cm³/mol. The van der Waals surface area contributed by atoms with Crippen molar-refractivity contribution in [2.75, 3.05) is 13.1 Å². The third kappa shape index (κ3) is 3.04. The van der Waals surface area contributed by atoms with Crippen molar-refractivity contribution >= 4 is 11.6 Å². The Kier molecular flexibility index (Phi) is 4.26. The first-order valence-electron chi connectivity index (χ1n) is 8.96. The minimum Gasteiger partial charge on any atom is -0.370 e. The molecule has 2 N–H and O–H groups in total. The number of allylic oxidation sites excluding steroid dienone is 1. The molecule has 1 saturated heterocycles. The number of nitrogens with zero attached hydrogens (tertiary/aromatic N) is 4. The van der Waals surface area contributed by atoms with Crippen LogP contribution in [0, 0.1) is 5.92 Å². The molecule has 6 heteroatoms. The number of para-hydroxylation sites is 1. The first kappa shape index (κ1) is 15.9. The highest BCUT2D eigenvalue weighted by atomic mass is 16.1. The third-order valence-corrected chi connectivity index (χ3v) is 5.23. The molecule has 2 aromatic rings. The lowest BCUT2D eigenvalue weighted by Gasteiger charge is -2.38.